The van der Waals surface area contributed by atoms with Crippen LogP contribution in [0.5, 0.6) is 0 Å². The molecule has 0 amide bonds. The van der Waals surface area contributed by atoms with Gasteiger partial charge in [-0.2, -0.15) is 5.26 Å². The van der Waals surface area contributed by atoms with Gasteiger partial charge in [0.1, 0.15) is 11.9 Å². The molecule has 0 unspecified atom stereocenters. The van der Waals surface area contributed by atoms with Crippen LogP contribution in [0.1, 0.15) is 30.9 Å². The predicted molar refractivity (Wildman–Crippen MR) is 52.9 cm³/mol. The van der Waals surface area contributed by atoms with Crippen molar-refractivity contribution in [3.63, 3.8) is 0 Å². The molecule has 2 heteroatoms. The number of rotatable bonds is 1. The van der Waals surface area contributed by atoms with E-state index in [1.54, 1.807) is 12.1 Å². The topological polar surface area (TPSA) is 23.8 Å². The second-order valence-electron chi connectivity index (χ2n) is 2.86. The van der Waals surface area contributed by atoms with E-state index in [-0.39, 0.29) is 5.56 Å². The van der Waals surface area contributed by atoms with Crippen molar-refractivity contribution in [2.75, 3.05) is 0 Å². The summed E-state index contributed by atoms with van der Waals surface area (Å²) in [5.41, 5.74) is 0.681. The van der Waals surface area contributed by atoms with E-state index in [9.17, 15) is 4.39 Å². The van der Waals surface area contributed by atoms with Gasteiger partial charge in [-0.15, -0.1) is 0 Å². The molecule has 0 aliphatic heterocycles. The number of hydrogen-bond donors (Lipinski definition) is 0. The highest BCUT2D eigenvalue weighted by Gasteiger charge is 1.99. The van der Waals surface area contributed by atoms with Crippen LogP contribution >= 0.6 is 0 Å². The standard InChI is InChI=1S/C12H10FN/c1-2-3-4-5-10-6-7-11(9-14)12(13)8-10/h6-8H,2-3H2,1H3. The molecule has 70 valence electrons. The minimum Gasteiger partial charge on any atom is -0.206 e. The highest BCUT2D eigenvalue weighted by molar-refractivity contribution is 5.40. The maximum absolute atomic E-state index is 13.1. The molecule has 1 nitrogen and oxygen atoms in total. The Morgan fingerprint density at radius 1 is 1.43 bits per heavy atom. The minimum absolute atomic E-state index is 0.0611. The quantitative estimate of drug-likeness (QED) is 0.620. The maximum Gasteiger partial charge on any atom is 0.142 e. The molecule has 0 aliphatic rings. The van der Waals surface area contributed by atoms with Crippen LogP contribution in [0.25, 0.3) is 0 Å². The average Bonchev–Trinajstić information content (AvgIpc) is 2.18. The first-order valence-electron chi connectivity index (χ1n) is 4.46. The molecule has 14 heavy (non-hydrogen) atoms. The SMILES string of the molecule is CCCC#Cc1ccc(C#N)c(F)c1. The largest absolute Gasteiger partial charge is 0.206 e. The van der Waals surface area contributed by atoms with Crippen molar-refractivity contribution in [2.24, 2.45) is 0 Å². The van der Waals surface area contributed by atoms with Crippen molar-refractivity contribution < 1.29 is 4.39 Å². The lowest BCUT2D eigenvalue weighted by Gasteiger charge is -1.93. The van der Waals surface area contributed by atoms with Gasteiger partial charge >= 0.3 is 0 Å². The molecule has 0 spiro atoms. The summed E-state index contributed by atoms with van der Waals surface area (Å²) < 4.78 is 13.1. The van der Waals surface area contributed by atoms with Gasteiger partial charge in [-0.25, -0.2) is 4.39 Å². The number of unbranched alkanes of at least 4 members (excludes halogenated alkanes) is 1. The first-order valence-corrected chi connectivity index (χ1v) is 4.46. The maximum atomic E-state index is 13.1. The molecule has 0 bridgehead atoms. The van der Waals surface area contributed by atoms with Gasteiger partial charge in [-0.1, -0.05) is 18.8 Å². The van der Waals surface area contributed by atoms with Gasteiger partial charge in [0, 0.05) is 12.0 Å². The summed E-state index contributed by atoms with van der Waals surface area (Å²) in [7, 11) is 0. The summed E-state index contributed by atoms with van der Waals surface area (Å²) in [6, 6.07) is 6.17. The first kappa shape index (κ1) is 10.3. The molecule has 0 fully saturated rings. The van der Waals surface area contributed by atoms with E-state index < -0.39 is 5.82 Å². The summed E-state index contributed by atoms with van der Waals surface area (Å²) in [6.45, 7) is 2.04. The summed E-state index contributed by atoms with van der Waals surface area (Å²) in [5, 5.41) is 8.50. The summed E-state index contributed by atoms with van der Waals surface area (Å²) >= 11 is 0. The molecule has 0 aliphatic carbocycles. The Bertz CT molecular complexity index is 418. The molecule has 1 aromatic carbocycles. The van der Waals surface area contributed by atoms with Crippen LogP contribution in [0.4, 0.5) is 4.39 Å². The van der Waals surface area contributed by atoms with Crippen LogP contribution < -0.4 is 0 Å². The van der Waals surface area contributed by atoms with Crippen LogP contribution in [0, 0.1) is 29.0 Å². The van der Waals surface area contributed by atoms with E-state index in [0.29, 0.717) is 5.56 Å². The number of halogens is 1. The van der Waals surface area contributed by atoms with Gasteiger partial charge in [0.15, 0.2) is 0 Å². The van der Waals surface area contributed by atoms with Crippen molar-refractivity contribution in [1.82, 2.24) is 0 Å². The Balaban J connectivity index is 2.89. The molecule has 0 saturated carbocycles. The van der Waals surface area contributed by atoms with E-state index in [4.69, 9.17) is 5.26 Å². The van der Waals surface area contributed by atoms with Crippen LogP contribution in [0.3, 0.4) is 0 Å². The lowest BCUT2D eigenvalue weighted by molar-refractivity contribution is 0.623. The number of benzene rings is 1. The zero-order valence-electron chi connectivity index (χ0n) is 7.97. The molecule has 0 saturated heterocycles. The van der Waals surface area contributed by atoms with Crippen molar-refractivity contribution in [2.45, 2.75) is 19.8 Å². The second kappa shape index (κ2) is 5.04. The van der Waals surface area contributed by atoms with E-state index in [2.05, 4.69) is 11.8 Å². The van der Waals surface area contributed by atoms with E-state index in [1.165, 1.54) is 12.1 Å². The van der Waals surface area contributed by atoms with Crippen LogP contribution in [0.2, 0.25) is 0 Å². The lowest BCUT2D eigenvalue weighted by Crippen LogP contribution is -1.84. The molecular weight excluding hydrogens is 177 g/mol. The fourth-order valence-corrected chi connectivity index (χ4v) is 0.973. The Kier molecular flexibility index (Phi) is 3.70. The highest BCUT2D eigenvalue weighted by Crippen LogP contribution is 2.08. The van der Waals surface area contributed by atoms with Gasteiger partial charge in [0.05, 0.1) is 5.56 Å². The zero-order valence-corrected chi connectivity index (χ0v) is 7.97. The molecular formula is C12H10FN. The fourth-order valence-electron chi connectivity index (χ4n) is 0.973. The normalized spacial score (nSPS) is 8.64. The van der Waals surface area contributed by atoms with Gasteiger partial charge in [-0.05, 0) is 24.6 Å². The Labute approximate surface area is 83.2 Å². The third kappa shape index (κ3) is 2.61. The van der Waals surface area contributed by atoms with Gasteiger partial charge in [0.25, 0.3) is 0 Å². The predicted octanol–water partition coefficient (Wildman–Crippen LogP) is 2.85. The third-order valence-corrected chi connectivity index (χ3v) is 1.70. The Morgan fingerprint density at radius 3 is 2.79 bits per heavy atom. The minimum atomic E-state index is -0.504. The van der Waals surface area contributed by atoms with Crippen LogP contribution in [-0.4, -0.2) is 0 Å². The summed E-state index contributed by atoms with van der Waals surface area (Å²) in [4.78, 5) is 0. The monoisotopic (exact) mass is 187 g/mol. The first-order chi connectivity index (χ1) is 6.77. The van der Waals surface area contributed by atoms with Gasteiger partial charge in [0.2, 0.25) is 0 Å². The average molecular weight is 187 g/mol. The smallest absolute Gasteiger partial charge is 0.142 e. The van der Waals surface area contributed by atoms with E-state index in [0.717, 1.165) is 12.8 Å². The molecule has 1 rings (SSSR count). The molecule has 0 radical (unpaired) electrons. The van der Waals surface area contributed by atoms with Crippen molar-refractivity contribution in [1.29, 1.82) is 5.26 Å². The van der Waals surface area contributed by atoms with Gasteiger partial charge < -0.3 is 0 Å². The molecule has 0 atom stereocenters. The molecule has 0 N–H and O–H groups in total. The van der Waals surface area contributed by atoms with E-state index in [1.807, 2.05) is 6.92 Å². The van der Waals surface area contributed by atoms with Crippen molar-refractivity contribution >= 4 is 0 Å². The van der Waals surface area contributed by atoms with Crippen molar-refractivity contribution in [3.05, 3.63) is 35.1 Å². The molecule has 0 aromatic heterocycles. The van der Waals surface area contributed by atoms with Crippen LogP contribution in [0.15, 0.2) is 18.2 Å². The summed E-state index contributed by atoms with van der Waals surface area (Å²) in [5.74, 6) is 5.25. The highest BCUT2D eigenvalue weighted by atomic mass is 19.1. The van der Waals surface area contributed by atoms with Crippen LogP contribution in [-0.2, 0) is 0 Å². The van der Waals surface area contributed by atoms with E-state index >= 15 is 0 Å². The molecule has 0 heterocycles. The second-order valence-corrected chi connectivity index (χ2v) is 2.86. The van der Waals surface area contributed by atoms with Crippen molar-refractivity contribution in [3.8, 4) is 17.9 Å². The zero-order chi connectivity index (χ0) is 10.4. The number of nitrogens with zero attached hydrogens (tertiary/aromatic N) is 1. The third-order valence-electron chi connectivity index (χ3n) is 1.70. The number of nitriles is 1. The lowest BCUT2D eigenvalue weighted by atomic mass is 10.1. The Morgan fingerprint density at radius 2 is 2.21 bits per heavy atom. The summed E-state index contributed by atoms with van der Waals surface area (Å²) in [6.07, 6.45) is 1.80. The Hall–Kier alpha value is -1.80. The fraction of sp³-hybridized carbons (Fsp3) is 0.250. The molecule has 1 aromatic rings. The van der Waals surface area contributed by atoms with Gasteiger partial charge in [-0.3, -0.25) is 0 Å². The number of hydrogen-bond acceptors (Lipinski definition) is 1.